The minimum absolute atomic E-state index is 1.26. The predicted molar refractivity (Wildman–Crippen MR) is 200 cm³/mol. The quantitative estimate of drug-likeness (QED) is 0.141. The van der Waals surface area contributed by atoms with Crippen molar-refractivity contribution in [1.82, 2.24) is 0 Å². The molecule has 0 aliphatic carbocycles. The summed E-state index contributed by atoms with van der Waals surface area (Å²) in [6.45, 7) is 0. The van der Waals surface area contributed by atoms with E-state index in [2.05, 4.69) is 170 Å². The molecule has 10 rings (SSSR count). The number of rotatable bonds is 2. The first-order chi connectivity index (χ1) is 22.8. The van der Waals surface area contributed by atoms with Gasteiger partial charge in [-0.2, -0.15) is 0 Å². The number of benzene rings is 10. The van der Waals surface area contributed by atoms with Crippen LogP contribution in [0.1, 0.15) is 0 Å². The molecule has 0 saturated carbocycles. The van der Waals surface area contributed by atoms with E-state index in [1.807, 2.05) is 0 Å². The van der Waals surface area contributed by atoms with Crippen molar-refractivity contribution in [2.45, 2.75) is 0 Å². The second-order valence-electron chi connectivity index (χ2n) is 12.4. The van der Waals surface area contributed by atoms with Gasteiger partial charge < -0.3 is 0 Å². The molecular formula is C46H28. The van der Waals surface area contributed by atoms with Crippen LogP contribution in [0.15, 0.2) is 170 Å². The Hall–Kier alpha value is -5.98. The molecule has 0 fully saturated rings. The van der Waals surface area contributed by atoms with Crippen LogP contribution < -0.4 is 0 Å². The molecule has 0 aliphatic rings. The van der Waals surface area contributed by atoms with Gasteiger partial charge in [-0.15, -0.1) is 0 Å². The van der Waals surface area contributed by atoms with Crippen molar-refractivity contribution in [2.24, 2.45) is 0 Å². The van der Waals surface area contributed by atoms with Crippen LogP contribution in [0.25, 0.3) is 97.7 Å². The van der Waals surface area contributed by atoms with Gasteiger partial charge in [0.2, 0.25) is 0 Å². The van der Waals surface area contributed by atoms with Crippen molar-refractivity contribution in [1.29, 1.82) is 0 Å². The maximum absolute atomic E-state index is 2.40. The van der Waals surface area contributed by atoms with Gasteiger partial charge >= 0.3 is 0 Å². The maximum Gasteiger partial charge on any atom is -0.00201 e. The molecule has 0 aliphatic heterocycles. The first kappa shape index (κ1) is 25.4. The van der Waals surface area contributed by atoms with Crippen molar-refractivity contribution in [2.75, 3.05) is 0 Å². The molecule has 0 aromatic heterocycles. The third-order valence-corrected chi connectivity index (χ3v) is 10.00. The van der Waals surface area contributed by atoms with Crippen LogP contribution in [0, 0.1) is 0 Å². The number of fused-ring (bicyclic) bond motifs is 10. The Morgan fingerprint density at radius 1 is 0.196 bits per heavy atom. The maximum atomic E-state index is 2.40. The highest BCUT2D eigenvalue weighted by atomic mass is 14.2. The molecule has 0 heteroatoms. The molecule has 10 aromatic carbocycles. The molecule has 0 bridgehead atoms. The molecular weight excluding hydrogens is 553 g/mol. The summed E-state index contributed by atoms with van der Waals surface area (Å²) in [5.41, 5.74) is 5.14. The normalized spacial score (nSPS) is 11.9. The van der Waals surface area contributed by atoms with Gasteiger partial charge in [-0.1, -0.05) is 152 Å². The van der Waals surface area contributed by atoms with Gasteiger partial charge in [0.15, 0.2) is 0 Å². The zero-order valence-electron chi connectivity index (χ0n) is 25.2. The van der Waals surface area contributed by atoms with E-state index in [-0.39, 0.29) is 0 Å². The highest BCUT2D eigenvalue weighted by Gasteiger charge is 2.18. The van der Waals surface area contributed by atoms with Crippen LogP contribution in [0.4, 0.5) is 0 Å². The van der Waals surface area contributed by atoms with Crippen LogP contribution in [0.5, 0.6) is 0 Å². The SMILES string of the molecule is c1ccc2c(-c3cc4ccccc4c4ccccc34)c3ccc4c(-c5cc6ccccc6c6ccccc56)cccc4c3cc2c1. The van der Waals surface area contributed by atoms with Gasteiger partial charge in [0, 0.05) is 0 Å². The van der Waals surface area contributed by atoms with Gasteiger partial charge in [-0.3, -0.25) is 0 Å². The highest BCUT2D eigenvalue weighted by Crippen LogP contribution is 2.45. The zero-order chi connectivity index (χ0) is 30.2. The van der Waals surface area contributed by atoms with E-state index in [0.29, 0.717) is 0 Å². The molecule has 0 heterocycles. The predicted octanol–water partition coefficient (Wildman–Crippen LogP) is 13.1. The molecule has 10 aromatic rings. The highest BCUT2D eigenvalue weighted by molar-refractivity contribution is 6.26. The van der Waals surface area contributed by atoms with Gasteiger partial charge in [0.05, 0.1) is 0 Å². The lowest BCUT2D eigenvalue weighted by Crippen LogP contribution is -1.91. The fraction of sp³-hybridized carbons (Fsp3) is 0. The average molecular weight is 581 g/mol. The molecule has 0 radical (unpaired) electrons. The lowest BCUT2D eigenvalue weighted by atomic mass is 9.85. The topological polar surface area (TPSA) is 0 Å². The fourth-order valence-electron chi connectivity index (χ4n) is 7.97. The summed E-state index contributed by atoms with van der Waals surface area (Å²) in [5, 5.41) is 18.0. The molecule has 0 unspecified atom stereocenters. The smallest absolute Gasteiger partial charge is 0.00201 e. The second kappa shape index (κ2) is 9.76. The van der Waals surface area contributed by atoms with Crippen LogP contribution in [0.3, 0.4) is 0 Å². The summed E-state index contributed by atoms with van der Waals surface area (Å²) in [7, 11) is 0. The molecule has 0 spiro atoms. The second-order valence-corrected chi connectivity index (χ2v) is 12.4. The monoisotopic (exact) mass is 580 g/mol. The number of hydrogen-bond acceptors (Lipinski definition) is 0. The van der Waals surface area contributed by atoms with Crippen LogP contribution in [0.2, 0.25) is 0 Å². The standard InChI is InChI=1S/C46H28/c1-4-15-32-29(12-1)26-43(37-20-9-7-18-35(32)37)38-22-11-23-39-41(38)24-25-42-44(39)27-31-14-3-6-17-34(31)46(42)45-28-30-13-2-5-16-33(30)36-19-8-10-21-40(36)45/h1-28H. The Bertz CT molecular complexity index is 2850. The van der Waals surface area contributed by atoms with Crippen molar-refractivity contribution in [3.05, 3.63) is 170 Å². The number of hydrogen-bond donors (Lipinski definition) is 0. The van der Waals surface area contributed by atoms with E-state index >= 15 is 0 Å². The van der Waals surface area contributed by atoms with Gasteiger partial charge in [-0.25, -0.2) is 0 Å². The van der Waals surface area contributed by atoms with Crippen molar-refractivity contribution < 1.29 is 0 Å². The van der Waals surface area contributed by atoms with Gasteiger partial charge in [0.25, 0.3) is 0 Å². The van der Waals surface area contributed by atoms with Crippen molar-refractivity contribution >= 4 is 75.4 Å². The van der Waals surface area contributed by atoms with E-state index in [1.54, 1.807) is 0 Å². The summed E-state index contributed by atoms with van der Waals surface area (Å²) in [6, 6.07) is 62.9. The van der Waals surface area contributed by atoms with Gasteiger partial charge in [0.1, 0.15) is 0 Å². The summed E-state index contributed by atoms with van der Waals surface area (Å²) in [4.78, 5) is 0. The molecule has 0 N–H and O–H groups in total. The lowest BCUT2D eigenvalue weighted by Gasteiger charge is -2.18. The summed E-state index contributed by atoms with van der Waals surface area (Å²) >= 11 is 0. The summed E-state index contributed by atoms with van der Waals surface area (Å²) in [6.07, 6.45) is 0. The fourth-order valence-corrected chi connectivity index (χ4v) is 7.97. The minimum Gasteiger partial charge on any atom is -0.0616 e. The Morgan fingerprint density at radius 2 is 0.609 bits per heavy atom. The molecule has 0 nitrogen and oxygen atoms in total. The van der Waals surface area contributed by atoms with Crippen molar-refractivity contribution in [3.63, 3.8) is 0 Å². The molecule has 212 valence electrons. The van der Waals surface area contributed by atoms with Crippen LogP contribution >= 0.6 is 0 Å². The average Bonchev–Trinajstić information content (AvgIpc) is 3.13. The van der Waals surface area contributed by atoms with E-state index < -0.39 is 0 Å². The van der Waals surface area contributed by atoms with Gasteiger partial charge in [-0.05, 0) is 116 Å². The largest absolute Gasteiger partial charge is 0.0616 e. The van der Waals surface area contributed by atoms with Crippen LogP contribution in [-0.4, -0.2) is 0 Å². The molecule has 0 atom stereocenters. The first-order valence-corrected chi connectivity index (χ1v) is 16.0. The minimum atomic E-state index is 1.26. The molecule has 46 heavy (non-hydrogen) atoms. The van der Waals surface area contributed by atoms with Crippen LogP contribution in [-0.2, 0) is 0 Å². The zero-order valence-corrected chi connectivity index (χ0v) is 25.2. The van der Waals surface area contributed by atoms with E-state index in [1.165, 1.54) is 97.7 Å². The third kappa shape index (κ3) is 3.62. The Morgan fingerprint density at radius 3 is 1.26 bits per heavy atom. The lowest BCUT2D eigenvalue weighted by molar-refractivity contribution is 1.71. The Balaban J connectivity index is 1.34. The Kier molecular flexibility index (Phi) is 5.38. The molecule has 0 saturated heterocycles. The summed E-state index contributed by atoms with van der Waals surface area (Å²) < 4.78 is 0. The van der Waals surface area contributed by atoms with E-state index in [4.69, 9.17) is 0 Å². The first-order valence-electron chi connectivity index (χ1n) is 16.0. The van der Waals surface area contributed by atoms with Crippen molar-refractivity contribution in [3.8, 4) is 22.3 Å². The van der Waals surface area contributed by atoms with E-state index in [0.717, 1.165) is 0 Å². The molecule has 0 amide bonds. The summed E-state index contributed by atoms with van der Waals surface area (Å²) in [5.74, 6) is 0. The third-order valence-electron chi connectivity index (χ3n) is 10.00. The Labute approximate surface area is 266 Å². The van der Waals surface area contributed by atoms with E-state index in [9.17, 15) is 0 Å².